The Labute approximate surface area is 229 Å². The number of hydrogen-bond donors (Lipinski definition) is 1. The van der Waals surface area contributed by atoms with Crippen LogP contribution in [-0.2, 0) is 26.2 Å². The van der Waals surface area contributed by atoms with Crippen LogP contribution in [0.25, 0.3) is 0 Å². The summed E-state index contributed by atoms with van der Waals surface area (Å²) in [4.78, 5) is 27.8. The third-order valence-electron chi connectivity index (χ3n) is 5.75. The summed E-state index contributed by atoms with van der Waals surface area (Å²) in [5.41, 5.74) is -0.126. The van der Waals surface area contributed by atoms with Gasteiger partial charge in [0.25, 0.3) is 0 Å². The Morgan fingerprint density at radius 3 is 2.05 bits per heavy atom. The van der Waals surface area contributed by atoms with E-state index in [9.17, 15) is 22.4 Å². The van der Waals surface area contributed by atoms with E-state index in [4.69, 9.17) is 4.74 Å². The number of carbonyl (C=O) groups excluding carboxylic acids is 2. The predicted octanol–water partition coefficient (Wildman–Crippen LogP) is 4.72. The lowest BCUT2D eigenvalue weighted by Gasteiger charge is -2.33. The van der Waals surface area contributed by atoms with E-state index >= 15 is 0 Å². The molecule has 0 fully saturated rings. The quantitative estimate of drug-likeness (QED) is 0.391. The molecule has 8 nitrogen and oxygen atoms in total. The topological polar surface area (TPSA) is 96.0 Å². The van der Waals surface area contributed by atoms with E-state index in [2.05, 4.69) is 5.32 Å². The fourth-order valence-electron chi connectivity index (χ4n) is 3.79. The van der Waals surface area contributed by atoms with Gasteiger partial charge in [-0.25, -0.2) is 12.8 Å². The molecule has 0 aliphatic heterocycles. The molecule has 0 radical (unpaired) electrons. The Morgan fingerprint density at radius 2 is 1.49 bits per heavy atom. The van der Waals surface area contributed by atoms with Crippen molar-refractivity contribution >= 4 is 27.5 Å². The third kappa shape index (κ3) is 8.54. The second-order valence-electron chi connectivity index (χ2n) is 10.2. The van der Waals surface area contributed by atoms with Crippen molar-refractivity contribution in [3.8, 4) is 11.5 Å². The van der Waals surface area contributed by atoms with Gasteiger partial charge in [0.05, 0.1) is 11.9 Å². The Bertz CT molecular complexity index is 1390. The van der Waals surface area contributed by atoms with Crippen molar-refractivity contribution in [2.75, 3.05) is 17.1 Å². The summed E-state index contributed by atoms with van der Waals surface area (Å²) in [6.45, 7) is 6.14. The van der Waals surface area contributed by atoms with Crippen LogP contribution in [0.4, 0.5) is 10.1 Å². The highest BCUT2D eigenvalue weighted by molar-refractivity contribution is 7.92. The summed E-state index contributed by atoms with van der Waals surface area (Å²) in [5.74, 6) is -0.539. The van der Waals surface area contributed by atoms with Crippen molar-refractivity contribution in [2.24, 2.45) is 0 Å². The number of nitrogens with zero attached hydrogens (tertiary/aromatic N) is 2. The zero-order valence-electron chi connectivity index (χ0n) is 22.7. The summed E-state index contributed by atoms with van der Waals surface area (Å²) in [7, 11) is -3.90. The van der Waals surface area contributed by atoms with Crippen LogP contribution in [0, 0.1) is 5.82 Å². The first-order valence-electron chi connectivity index (χ1n) is 12.4. The molecule has 0 aliphatic carbocycles. The SMILES string of the molecule is C[C@@H](C(=O)NC(C)(C)C)N(Cc1ccccc1F)C(=O)CN(c1ccc(Oc2ccccc2)cc1)S(C)(=O)=O. The van der Waals surface area contributed by atoms with Gasteiger partial charge in [0.1, 0.15) is 29.9 Å². The molecule has 0 saturated heterocycles. The van der Waals surface area contributed by atoms with Crippen molar-refractivity contribution in [1.29, 1.82) is 0 Å². The van der Waals surface area contributed by atoms with Gasteiger partial charge in [-0.3, -0.25) is 13.9 Å². The summed E-state index contributed by atoms with van der Waals surface area (Å²) in [6, 6.07) is 20.3. The lowest BCUT2D eigenvalue weighted by molar-refractivity contribution is -0.140. The number of hydrogen-bond acceptors (Lipinski definition) is 5. The number of halogens is 1. The van der Waals surface area contributed by atoms with Crippen LogP contribution in [-0.4, -0.2) is 49.5 Å². The van der Waals surface area contributed by atoms with Gasteiger partial charge < -0.3 is 15.0 Å². The van der Waals surface area contributed by atoms with Crippen molar-refractivity contribution in [3.63, 3.8) is 0 Å². The summed E-state index contributed by atoms with van der Waals surface area (Å²) < 4.78 is 46.7. The van der Waals surface area contributed by atoms with E-state index < -0.39 is 45.8 Å². The average molecular weight is 556 g/mol. The summed E-state index contributed by atoms with van der Waals surface area (Å²) >= 11 is 0. The second kappa shape index (κ2) is 12.3. The number of para-hydroxylation sites is 1. The van der Waals surface area contributed by atoms with Gasteiger partial charge in [-0.2, -0.15) is 0 Å². The fourth-order valence-corrected chi connectivity index (χ4v) is 4.64. The molecule has 3 aromatic rings. The molecular weight excluding hydrogens is 521 g/mol. The van der Waals surface area contributed by atoms with E-state index in [-0.39, 0.29) is 17.8 Å². The number of amides is 2. The fraction of sp³-hybridized carbons (Fsp3) is 0.310. The van der Waals surface area contributed by atoms with Gasteiger partial charge in [-0.05, 0) is 70.2 Å². The Balaban J connectivity index is 1.88. The molecule has 3 aromatic carbocycles. The molecule has 39 heavy (non-hydrogen) atoms. The zero-order chi connectivity index (χ0) is 28.8. The number of benzene rings is 3. The Kier molecular flexibility index (Phi) is 9.34. The highest BCUT2D eigenvalue weighted by Crippen LogP contribution is 2.26. The van der Waals surface area contributed by atoms with Gasteiger partial charge in [-0.1, -0.05) is 36.4 Å². The van der Waals surface area contributed by atoms with Crippen molar-refractivity contribution in [1.82, 2.24) is 10.2 Å². The molecule has 208 valence electrons. The van der Waals surface area contributed by atoms with Gasteiger partial charge in [-0.15, -0.1) is 0 Å². The molecular formula is C29H34FN3O5S. The molecule has 0 aromatic heterocycles. The largest absolute Gasteiger partial charge is 0.457 e. The Hall–Kier alpha value is -3.92. The minimum Gasteiger partial charge on any atom is -0.457 e. The Morgan fingerprint density at radius 1 is 0.923 bits per heavy atom. The molecule has 3 rings (SSSR count). The minimum absolute atomic E-state index is 0.203. The van der Waals surface area contributed by atoms with Crippen LogP contribution in [0.5, 0.6) is 11.5 Å². The van der Waals surface area contributed by atoms with Crippen LogP contribution in [0.3, 0.4) is 0 Å². The van der Waals surface area contributed by atoms with Crippen LogP contribution in [0.2, 0.25) is 0 Å². The van der Waals surface area contributed by atoms with Crippen LogP contribution < -0.4 is 14.4 Å². The highest BCUT2D eigenvalue weighted by Gasteiger charge is 2.31. The van der Waals surface area contributed by atoms with Crippen molar-refractivity contribution < 1.29 is 27.1 Å². The minimum atomic E-state index is -3.90. The van der Waals surface area contributed by atoms with Crippen LogP contribution in [0.15, 0.2) is 78.9 Å². The maximum atomic E-state index is 14.5. The molecule has 1 N–H and O–H groups in total. The number of carbonyl (C=O) groups is 2. The van der Waals surface area contributed by atoms with Gasteiger partial charge >= 0.3 is 0 Å². The standard InChI is InChI=1S/C29H34FN3O5S/c1-21(28(35)31-29(2,3)4)32(19-22-11-9-10-14-26(22)30)27(34)20-33(39(5,36)37)23-15-17-25(18-16-23)38-24-12-7-6-8-13-24/h6-18,21H,19-20H2,1-5H3,(H,31,35)/t21-/m0/s1. The van der Waals surface area contributed by atoms with E-state index in [1.54, 1.807) is 51.1 Å². The van der Waals surface area contributed by atoms with Crippen molar-refractivity contribution in [2.45, 2.75) is 45.8 Å². The van der Waals surface area contributed by atoms with Crippen LogP contribution >= 0.6 is 0 Å². The molecule has 0 aliphatic rings. The second-order valence-corrected chi connectivity index (χ2v) is 12.1. The summed E-state index contributed by atoms with van der Waals surface area (Å²) in [6.07, 6.45) is 0.992. The van der Waals surface area contributed by atoms with Gasteiger partial charge in [0.2, 0.25) is 21.8 Å². The predicted molar refractivity (Wildman–Crippen MR) is 149 cm³/mol. The van der Waals surface area contributed by atoms with Gasteiger partial charge in [0, 0.05) is 17.6 Å². The maximum Gasteiger partial charge on any atom is 0.244 e. The smallest absolute Gasteiger partial charge is 0.244 e. The molecule has 0 bridgehead atoms. The lowest BCUT2D eigenvalue weighted by atomic mass is 10.1. The first-order valence-corrected chi connectivity index (χ1v) is 14.2. The van der Waals surface area contributed by atoms with Gasteiger partial charge in [0.15, 0.2) is 0 Å². The molecule has 0 spiro atoms. The van der Waals surface area contributed by atoms with E-state index in [0.717, 1.165) is 10.6 Å². The molecule has 10 heteroatoms. The van der Waals surface area contributed by atoms with Crippen molar-refractivity contribution in [3.05, 3.63) is 90.2 Å². The summed E-state index contributed by atoms with van der Waals surface area (Å²) in [5, 5.41) is 2.82. The molecule has 0 saturated carbocycles. The number of rotatable bonds is 10. The molecule has 0 unspecified atom stereocenters. The zero-order valence-corrected chi connectivity index (χ0v) is 23.5. The van der Waals surface area contributed by atoms with E-state index in [1.165, 1.54) is 42.2 Å². The molecule has 0 heterocycles. The first-order chi connectivity index (χ1) is 18.2. The molecule has 2 amide bonds. The number of sulfonamides is 1. The highest BCUT2D eigenvalue weighted by atomic mass is 32.2. The monoisotopic (exact) mass is 555 g/mol. The normalized spacial score (nSPS) is 12.4. The molecule has 1 atom stereocenters. The number of anilines is 1. The van der Waals surface area contributed by atoms with Crippen LogP contribution in [0.1, 0.15) is 33.3 Å². The number of ether oxygens (including phenoxy) is 1. The average Bonchev–Trinajstić information content (AvgIpc) is 2.86. The van der Waals surface area contributed by atoms with E-state index in [0.29, 0.717) is 11.5 Å². The third-order valence-corrected chi connectivity index (χ3v) is 6.89. The number of nitrogens with one attached hydrogen (secondary N) is 1. The maximum absolute atomic E-state index is 14.5. The first kappa shape index (κ1) is 29.6. The van der Waals surface area contributed by atoms with E-state index in [1.807, 2.05) is 18.2 Å². The lowest BCUT2D eigenvalue weighted by Crippen LogP contribution is -2.54.